The molecule has 0 fully saturated rings. The lowest BCUT2D eigenvalue weighted by Gasteiger charge is -2.09. The van der Waals surface area contributed by atoms with E-state index >= 15 is 0 Å². The molecule has 0 aliphatic rings. The highest BCUT2D eigenvalue weighted by molar-refractivity contribution is 6.31. The number of nitrogens with one attached hydrogen (secondary N) is 2. The summed E-state index contributed by atoms with van der Waals surface area (Å²) in [5.74, 6) is -0.462. The molecule has 128 valence electrons. The molecule has 25 heavy (non-hydrogen) atoms. The van der Waals surface area contributed by atoms with E-state index in [1.165, 1.54) is 17.3 Å². The summed E-state index contributed by atoms with van der Waals surface area (Å²) in [6.45, 7) is 4.51. The Morgan fingerprint density at radius 2 is 1.96 bits per heavy atom. The Morgan fingerprint density at radius 1 is 1.20 bits per heavy atom. The molecule has 1 amide bonds. The van der Waals surface area contributed by atoms with E-state index < -0.39 is 5.91 Å². The van der Waals surface area contributed by atoms with Gasteiger partial charge in [0.15, 0.2) is 0 Å². The zero-order valence-corrected chi connectivity index (χ0v) is 15.0. The second-order valence-corrected chi connectivity index (χ2v) is 6.07. The van der Waals surface area contributed by atoms with E-state index in [0.29, 0.717) is 17.3 Å². The fraction of sp³-hybridized carbons (Fsp3) is 0.200. The molecular weight excluding hydrogens is 334 g/mol. The first-order valence-corrected chi connectivity index (χ1v) is 8.35. The monoisotopic (exact) mass is 353 g/mol. The highest BCUT2D eigenvalue weighted by Crippen LogP contribution is 2.23. The lowest BCUT2D eigenvalue weighted by Crippen LogP contribution is -2.18. The summed E-state index contributed by atoms with van der Waals surface area (Å²) < 4.78 is 0. The second-order valence-electron chi connectivity index (χ2n) is 5.67. The van der Waals surface area contributed by atoms with Crippen molar-refractivity contribution in [2.75, 3.05) is 11.9 Å². The summed E-state index contributed by atoms with van der Waals surface area (Å²) >= 11 is 6.04. The molecule has 2 aromatic rings. The van der Waals surface area contributed by atoms with E-state index in [1.54, 1.807) is 18.2 Å². The van der Waals surface area contributed by atoms with Gasteiger partial charge < -0.3 is 10.6 Å². The first-order valence-electron chi connectivity index (χ1n) is 7.97. The number of carbonyl (C=O) groups is 1. The van der Waals surface area contributed by atoms with Crippen molar-refractivity contribution in [2.24, 2.45) is 0 Å². The van der Waals surface area contributed by atoms with Gasteiger partial charge in [-0.1, -0.05) is 41.9 Å². The van der Waals surface area contributed by atoms with Gasteiger partial charge in [-0.05, 0) is 49.1 Å². The number of anilines is 1. The maximum absolute atomic E-state index is 12.2. The number of hydrogen-bond donors (Lipinski definition) is 2. The van der Waals surface area contributed by atoms with E-state index in [-0.39, 0.29) is 5.57 Å². The van der Waals surface area contributed by atoms with Crippen molar-refractivity contribution in [3.05, 3.63) is 76.0 Å². The summed E-state index contributed by atoms with van der Waals surface area (Å²) in [6.07, 6.45) is 2.27. The topological polar surface area (TPSA) is 64.9 Å². The van der Waals surface area contributed by atoms with Crippen molar-refractivity contribution in [3.63, 3.8) is 0 Å². The minimum Gasteiger partial charge on any atom is -0.389 e. The molecule has 0 unspecified atom stereocenters. The van der Waals surface area contributed by atoms with Crippen molar-refractivity contribution in [3.8, 4) is 6.07 Å². The maximum Gasteiger partial charge on any atom is 0.267 e. The number of carbonyl (C=O) groups excluding carboxylic acids is 1. The Labute approximate surface area is 153 Å². The van der Waals surface area contributed by atoms with Gasteiger partial charge in [-0.25, -0.2) is 0 Å². The third-order valence-electron chi connectivity index (χ3n) is 3.93. The van der Waals surface area contributed by atoms with Crippen molar-refractivity contribution < 1.29 is 4.79 Å². The van der Waals surface area contributed by atoms with E-state index in [0.717, 1.165) is 12.0 Å². The number of aryl methyl sites for hydroxylation is 1. The lowest BCUT2D eigenvalue weighted by atomic mass is 10.1. The minimum absolute atomic E-state index is 0.0177. The van der Waals surface area contributed by atoms with E-state index in [4.69, 9.17) is 11.6 Å². The number of halogens is 1. The quantitative estimate of drug-likeness (QED) is 0.466. The van der Waals surface area contributed by atoms with Crippen molar-refractivity contribution in [2.45, 2.75) is 20.3 Å². The van der Waals surface area contributed by atoms with Gasteiger partial charge in [0.2, 0.25) is 0 Å². The molecule has 5 heteroatoms. The third kappa shape index (κ3) is 5.10. The summed E-state index contributed by atoms with van der Waals surface area (Å²) in [7, 11) is 0. The van der Waals surface area contributed by atoms with E-state index in [1.807, 2.05) is 25.1 Å². The maximum atomic E-state index is 12.2. The fourth-order valence-corrected chi connectivity index (χ4v) is 2.53. The van der Waals surface area contributed by atoms with Crippen LogP contribution in [0.1, 0.15) is 16.7 Å². The highest BCUT2D eigenvalue weighted by atomic mass is 35.5. The van der Waals surface area contributed by atoms with Crippen molar-refractivity contribution in [1.82, 2.24) is 5.32 Å². The van der Waals surface area contributed by atoms with Gasteiger partial charge >= 0.3 is 0 Å². The zero-order valence-electron chi connectivity index (χ0n) is 14.3. The van der Waals surface area contributed by atoms with Crippen LogP contribution in [-0.4, -0.2) is 12.5 Å². The summed E-state index contributed by atoms with van der Waals surface area (Å²) in [5, 5.41) is 15.5. The normalized spacial score (nSPS) is 10.9. The first-order chi connectivity index (χ1) is 12.0. The number of rotatable bonds is 6. The molecule has 0 atom stereocenters. The van der Waals surface area contributed by atoms with Gasteiger partial charge in [-0.2, -0.15) is 5.26 Å². The molecule has 2 N–H and O–H groups in total. The largest absolute Gasteiger partial charge is 0.389 e. The van der Waals surface area contributed by atoms with Crippen LogP contribution in [0, 0.1) is 25.2 Å². The SMILES string of the molecule is Cc1ccccc1CCN/C=C(/C#N)C(=O)Nc1cccc(Cl)c1C. The molecule has 0 aliphatic carbocycles. The average Bonchev–Trinajstić information content (AvgIpc) is 2.60. The van der Waals surface area contributed by atoms with Crippen LogP contribution < -0.4 is 10.6 Å². The van der Waals surface area contributed by atoms with Crippen LogP contribution in [0.4, 0.5) is 5.69 Å². The number of hydrogen-bond acceptors (Lipinski definition) is 3. The van der Waals surface area contributed by atoms with E-state index in [2.05, 4.69) is 29.7 Å². The molecule has 2 rings (SSSR count). The Hall–Kier alpha value is -2.77. The minimum atomic E-state index is -0.462. The van der Waals surface area contributed by atoms with Gasteiger partial charge in [0.1, 0.15) is 11.6 Å². The lowest BCUT2D eigenvalue weighted by molar-refractivity contribution is -0.112. The molecule has 0 radical (unpaired) electrons. The Morgan fingerprint density at radius 3 is 2.68 bits per heavy atom. The van der Waals surface area contributed by atoms with Crippen LogP contribution in [0.15, 0.2) is 54.2 Å². The van der Waals surface area contributed by atoms with Gasteiger partial charge in [0.25, 0.3) is 5.91 Å². The molecule has 0 bridgehead atoms. The Balaban J connectivity index is 1.95. The van der Waals surface area contributed by atoms with Crippen LogP contribution in [-0.2, 0) is 11.2 Å². The Bertz CT molecular complexity index is 837. The van der Waals surface area contributed by atoms with Crippen LogP contribution in [0.3, 0.4) is 0 Å². The molecule has 0 heterocycles. The van der Waals surface area contributed by atoms with Crippen LogP contribution in [0.25, 0.3) is 0 Å². The molecule has 0 saturated carbocycles. The molecule has 0 aliphatic heterocycles. The standard InChI is InChI=1S/C20H20ClN3O/c1-14-6-3-4-7-16(14)10-11-23-13-17(12-22)20(25)24-19-9-5-8-18(21)15(19)2/h3-9,13,23H,10-11H2,1-2H3,(H,24,25)/b17-13-. The van der Waals surface area contributed by atoms with Gasteiger partial charge in [0, 0.05) is 23.5 Å². The highest BCUT2D eigenvalue weighted by Gasteiger charge is 2.11. The van der Waals surface area contributed by atoms with Gasteiger partial charge in [0.05, 0.1) is 0 Å². The fourth-order valence-electron chi connectivity index (χ4n) is 2.35. The van der Waals surface area contributed by atoms with Gasteiger partial charge in [-0.15, -0.1) is 0 Å². The van der Waals surface area contributed by atoms with Gasteiger partial charge in [-0.3, -0.25) is 4.79 Å². The summed E-state index contributed by atoms with van der Waals surface area (Å²) in [4.78, 5) is 12.2. The molecular formula is C20H20ClN3O. The molecule has 2 aromatic carbocycles. The number of amides is 1. The first kappa shape index (κ1) is 18.6. The number of benzene rings is 2. The van der Waals surface area contributed by atoms with E-state index in [9.17, 15) is 10.1 Å². The zero-order chi connectivity index (χ0) is 18.2. The second kappa shape index (κ2) is 8.91. The number of nitriles is 1. The van der Waals surface area contributed by atoms with Crippen molar-refractivity contribution >= 4 is 23.2 Å². The predicted molar refractivity (Wildman–Crippen MR) is 101 cm³/mol. The summed E-state index contributed by atoms with van der Waals surface area (Å²) in [5.41, 5.74) is 3.84. The third-order valence-corrected chi connectivity index (χ3v) is 4.34. The average molecular weight is 354 g/mol. The molecule has 0 saturated heterocycles. The predicted octanol–water partition coefficient (Wildman–Crippen LogP) is 4.14. The molecule has 0 spiro atoms. The van der Waals surface area contributed by atoms with Crippen LogP contribution in [0.2, 0.25) is 5.02 Å². The molecule has 4 nitrogen and oxygen atoms in total. The smallest absolute Gasteiger partial charge is 0.267 e. The molecule has 0 aromatic heterocycles. The summed E-state index contributed by atoms with van der Waals surface area (Å²) in [6, 6.07) is 15.3. The Kier molecular flexibility index (Phi) is 6.62. The van der Waals surface area contributed by atoms with Crippen molar-refractivity contribution in [1.29, 1.82) is 5.26 Å². The van der Waals surface area contributed by atoms with Crippen LogP contribution in [0.5, 0.6) is 0 Å². The van der Waals surface area contributed by atoms with Crippen LogP contribution >= 0.6 is 11.6 Å². The number of nitrogens with zero attached hydrogens (tertiary/aromatic N) is 1.